The molecule has 0 bridgehead atoms. The van der Waals surface area contributed by atoms with Crippen molar-refractivity contribution in [3.8, 4) is 11.8 Å². The van der Waals surface area contributed by atoms with E-state index in [1.807, 2.05) is 13.1 Å². The quantitative estimate of drug-likeness (QED) is 0.258. The molecule has 1 N–H and O–H groups in total. The molecule has 252 valence electrons. The average Bonchev–Trinajstić information content (AvgIpc) is 3.70. The minimum absolute atomic E-state index is 0.152. The largest absolute Gasteiger partial charge is 0.508 e. The summed E-state index contributed by atoms with van der Waals surface area (Å²) in [5, 5.41) is 17.2. The number of ether oxygens (including phenoxy) is 1. The van der Waals surface area contributed by atoms with Gasteiger partial charge in [-0.15, -0.1) is 0 Å². The molecule has 0 amide bonds. The summed E-state index contributed by atoms with van der Waals surface area (Å²) in [6, 6.07) is 7.56. The molecule has 11 heteroatoms. The van der Waals surface area contributed by atoms with Crippen molar-refractivity contribution >= 4 is 22.3 Å². The van der Waals surface area contributed by atoms with Crippen LogP contribution in [-0.2, 0) is 32.4 Å². The zero-order valence-electron chi connectivity index (χ0n) is 27.6. The Morgan fingerprint density at radius 2 is 1.94 bits per heavy atom. The van der Waals surface area contributed by atoms with Crippen LogP contribution in [0.15, 0.2) is 30.5 Å². The van der Waals surface area contributed by atoms with E-state index >= 15 is 4.39 Å². The fourth-order valence-corrected chi connectivity index (χ4v) is 9.01. The van der Waals surface area contributed by atoms with Crippen LogP contribution in [0, 0.1) is 5.82 Å². The zero-order chi connectivity index (χ0) is 32.6. The van der Waals surface area contributed by atoms with Crippen LogP contribution >= 0.6 is 0 Å². The number of aryl methyl sites for hydroxylation is 1. The van der Waals surface area contributed by atoms with E-state index in [1.54, 1.807) is 18.2 Å². The van der Waals surface area contributed by atoms with Crippen LogP contribution in [0.2, 0.25) is 0 Å². The van der Waals surface area contributed by atoms with E-state index in [0.29, 0.717) is 63.1 Å². The Labute approximate surface area is 279 Å². The Balaban J connectivity index is 1.09. The van der Waals surface area contributed by atoms with Crippen molar-refractivity contribution in [2.24, 2.45) is 0 Å². The number of phenolic OH excluding ortho intramolecular Hbond substituents is 1. The minimum atomic E-state index is -0.833. The Morgan fingerprint density at radius 1 is 1.04 bits per heavy atom. The van der Waals surface area contributed by atoms with Crippen LogP contribution in [0.25, 0.3) is 10.8 Å². The third-order valence-electron chi connectivity index (χ3n) is 11.5. The van der Waals surface area contributed by atoms with Gasteiger partial charge in [0, 0.05) is 66.6 Å². The summed E-state index contributed by atoms with van der Waals surface area (Å²) in [5.41, 5.74) is 5.74. The van der Waals surface area contributed by atoms with E-state index in [2.05, 4.69) is 19.4 Å². The highest BCUT2D eigenvalue weighted by atomic mass is 19.1. The molecule has 2 aromatic carbocycles. The van der Waals surface area contributed by atoms with E-state index in [1.165, 1.54) is 30.2 Å². The third-order valence-corrected chi connectivity index (χ3v) is 11.5. The molecule has 6 heterocycles. The van der Waals surface area contributed by atoms with Gasteiger partial charge < -0.3 is 19.6 Å². The molecule has 4 aliphatic heterocycles. The smallest absolute Gasteiger partial charge is 0.318 e. The van der Waals surface area contributed by atoms with Crippen molar-refractivity contribution in [2.45, 2.75) is 95.6 Å². The van der Waals surface area contributed by atoms with Crippen LogP contribution in [0.5, 0.6) is 11.8 Å². The van der Waals surface area contributed by atoms with Gasteiger partial charge in [0.1, 0.15) is 30.2 Å². The van der Waals surface area contributed by atoms with Gasteiger partial charge in [0.05, 0.1) is 30.0 Å². The van der Waals surface area contributed by atoms with Gasteiger partial charge in [0.2, 0.25) is 0 Å². The molecule has 9 rings (SSSR count). The molecular formula is C37H43F2N7O2. The maximum absolute atomic E-state index is 15.1. The second kappa shape index (κ2) is 11.6. The van der Waals surface area contributed by atoms with Gasteiger partial charge in [0.25, 0.3) is 0 Å². The van der Waals surface area contributed by atoms with Crippen molar-refractivity contribution in [2.75, 3.05) is 42.6 Å². The number of hydrogen-bond acceptors (Lipinski definition) is 8. The van der Waals surface area contributed by atoms with Gasteiger partial charge in [-0.05, 0) is 81.0 Å². The summed E-state index contributed by atoms with van der Waals surface area (Å²) in [5.74, 6) is 0.820. The standard InChI is InChI=1S/C37H43F2N7O2/c1-2-28-30(39)9-6-23-15-27(47)16-33(34(23)28)43-14-10-29-31(21-43)41-36(48-22-37-11-4-13-45(37)20-25(38)17-37)42-35(29)44-12-3-5-32-24(19-44)18-40-46(32)26-7-8-26/h6,9,15-16,18,25-26,47H,2-5,7-8,10-14,17,19-22H2,1H3/t25-,37+/m1/s1. The molecule has 0 radical (unpaired) electrons. The molecule has 2 atom stereocenters. The van der Waals surface area contributed by atoms with Crippen molar-refractivity contribution in [1.82, 2.24) is 24.6 Å². The van der Waals surface area contributed by atoms with Crippen LogP contribution in [-0.4, -0.2) is 74.3 Å². The van der Waals surface area contributed by atoms with Gasteiger partial charge in [-0.3, -0.25) is 9.58 Å². The first-order chi connectivity index (χ1) is 23.4. The number of fused-ring (bicyclic) bond motifs is 4. The maximum Gasteiger partial charge on any atom is 0.318 e. The first-order valence-corrected chi connectivity index (χ1v) is 17.8. The molecule has 0 spiro atoms. The summed E-state index contributed by atoms with van der Waals surface area (Å²) in [4.78, 5) is 17.0. The molecule has 0 unspecified atom stereocenters. The Hall–Kier alpha value is -3.99. The molecule has 4 aromatic rings. The van der Waals surface area contributed by atoms with Crippen molar-refractivity contribution < 1.29 is 18.6 Å². The lowest BCUT2D eigenvalue weighted by atomic mass is 9.95. The second-order valence-corrected chi connectivity index (χ2v) is 14.6. The van der Waals surface area contributed by atoms with E-state index in [4.69, 9.17) is 19.8 Å². The number of aromatic hydroxyl groups is 1. The molecule has 48 heavy (non-hydrogen) atoms. The first kappa shape index (κ1) is 30.1. The van der Waals surface area contributed by atoms with Crippen molar-refractivity contribution in [1.29, 1.82) is 0 Å². The van der Waals surface area contributed by atoms with E-state index in [-0.39, 0.29) is 17.1 Å². The number of hydrogen-bond donors (Lipinski definition) is 1. The normalized spacial score (nSPS) is 24.1. The second-order valence-electron chi connectivity index (χ2n) is 14.6. The summed E-state index contributed by atoms with van der Waals surface area (Å²) in [6.07, 6.45) is 9.31. The lowest BCUT2D eigenvalue weighted by molar-refractivity contribution is 0.107. The van der Waals surface area contributed by atoms with Crippen LogP contribution in [0.3, 0.4) is 0 Å². The maximum atomic E-state index is 15.1. The number of rotatable bonds is 7. The number of phenols is 1. The van der Waals surface area contributed by atoms with Crippen molar-refractivity contribution in [3.63, 3.8) is 0 Å². The zero-order valence-corrected chi connectivity index (χ0v) is 27.6. The number of halogens is 2. The fourth-order valence-electron chi connectivity index (χ4n) is 9.01. The van der Waals surface area contributed by atoms with E-state index < -0.39 is 6.17 Å². The van der Waals surface area contributed by atoms with Crippen LogP contribution in [0.4, 0.5) is 20.3 Å². The molecule has 5 aliphatic rings. The average molecular weight is 656 g/mol. The van der Waals surface area contributed by atoms with E-state index in [9.17, 15) is 9.50 Å². The molecule has 2 saturated heterocycles. The highest BCUT2D eigenvalue weighted by Gasteiger charge is 2.49. The minimum Gasteiger partial charge on any atom is -0.508 e. The van der Waals surface area contributed by atoms with Gasteiger partial charge in [-0.25, -0.2) is 8.78 Å². The summed E-state index contributed by atoms with van der Waals surface area (Å²) in [6.45, 7) is 6.44. The molecule has 2 aromatic heterocycles. The lowest BCUT2D eigenvalue weighted by Gasteiger charge is -2.35. The molecule has 1 aliphatic carbocycles. The monoisotopic (exact) mass is 655 g/mol. The third kappa shape index (κ3) is 5.07. The Kier molecular flexibility index (Phi) is 7.25. The van der Waals surface area contributed by atoms with Crippen LogP contribution in [0.1, 0.15) is 79.6 Å². The van der Waals surface area contributed by atoms with Gasteiger partial charge >= 0.3 is 6.01 Å². The predicted molar refractivity (Wildman–Crippen MR) is 180 cm³/mol. The van der Waals surface area contributed by atoms with Gasteiger partial charge in [0.15, 0.2) is 0 Å². The number of anilines is 2. The highest BCUT2D eigenvalue weighted by molar-refractivity contribution is 5.98. The van der Waals surface area contributed by atoms with Gasteiger partial charge in [-0.1, -0.05) is 13.0 Å². The lowest BCUT2D eigenvalue weighted by Crippen LogP contribution is -2.43. The first-order valence-electron chi connectivity index (χ1n) is 17.8. The van der Waals surface area contributed by atoms with Crippen molar-refractivity contribution in [3.05, 3.63) is 64.4 Å². The van der Waals surface area contributed by atoms with E-state index in [0.717, 1.165) is 78.9 Å². The highest BCUT2D eigenvalue weighted by Crippen LogP contribution is 2.42. The molecule has 1 saturated carbocycles. The van der Waals surface area contributed by atoms with Crippen LogP contribution < -0.4 is 14.5 Å². The topological polar surface area (TPSA) is 82.8 Å². The number of benzene rings is 2. The molecular weight excluding hydrogens is 612 g/mol. The number of nitrogens with zero attached hydrogens (tertiary/aromatic N) is 7. The number of aromatic nitrogens is 4. The number of alkyl halides is 1. The molecule has 9 nitrogen and oxygen atoms in total. The summed E-state index contributed by atoms with van der Waals surface area (Å²) < 4.78 is 38.4. The Morgan fingerprint density at radius 3 is 2.79 bits per heavy atom. The molecule has 3 fully saturated rings. The summed E-state index contributed by atoms with van der Waals surface area (Å²) >= 11 is 0. The predicted octanol–water partition coefficient (Wildman–Crippen LogP) is 6.04. The summed E-state index contributed by atoms with van der Waals surface area (Å²) in [7, 11) is 0. The Bertz CT molecular complexity index is 1890. The SMILES string of the molecule is CCc1c(F)ccc2cc(O)cc(N3CCc4c(nc(OC[C@@]56CCCN5C[C@H](F)C6)nc4N4CCCc5c(cnn5C5CC5)C4)C3)c12. The van der Waals surface area contributed by atoms with Gasteiger partial charge in [-0.2, -0.15) is 15.1 Å². The fraction of sp³-hybridized carbons (Fsp3) is 0.541.